The van der Waals surface area contributed by atoms with E-state index in [9.17, 15) is 14.3 Å². The van der Waals surface area contributed by atoms with E-state index in [0.29, 0.717) is 0 Å². The number of phenols is 1. The maximum atomic E-state index is 13.5. The predicted octanol–water partition coefficient (Wildman–Crippen LogP) is 2.89. The second kappa shape index (κ2) is 5.12. The van der Waals surface area contributed by atoms with Crippen LogP contribution >= 0.6 is 0 Å². The van der Waals surface area contributed by atoms with Gasteiger partial charge in [0.1, 0.15) is 5.60 Å². The third-order valence-corrected chi connectivity index (χ3v) is 1.90. The minimum atomic E-state index is -0.783. The number of nitrogens with one attached hydrogen (secondary N) is 1. The smallest absolute Gasteiger partial charge is 0.412 e. The first-order chi connectivity index (χ1) is 8.23. The molecule has 0 radical (unpaired) electrons. The van der Waals surface area contributed by atoms with E-state index in [2.05, 4.69) is 5.32 Å². The molecule has 1 rings (SSSR count). The summed E-state index contributed by atoms with van der Waals surface area (Å²) in [7, 11) is 1.32. The van der Waals surface area contributed by atoms with E-state index in [0.717, 1.165) is 6.07 Å². The highest BCUT2D eigenvalue weighted by atomic mass is 19.1. The summed E-state index contributed by atoms with van der Waals surface area (Å²) in [5.41, 5.74) is -0.805. The van der Waals surface area contributed by atoms with Gasteiger partial charge in [0.2, 0.25) is 0 Å². The zero-order valence-electron chi connectivity index (χ0n) is 10.7. The van der Waals surface area contributed by atoms with Gasteiger partial charge in [-0.25, -0.2) is 9.18 Å². The van der Waals surface area contributed by atoms with Crippen LogP contribution in [-0.4, -0.2) is 23.9 Å². The van der Waals surface area contributed by atoms with Gasteiger partial charge in [0.05, 0.1) is 12.8 Å². The van der Waals surface area contributed by atoms with E-state index in [1.54, 1.807) is 20.8 Å². The molecule has 0 heterocycles. The number of amides is 1. The first-order valence-electron chi connectivity index (χ1n) is 5.29. The van der Waals surface area contributed by atoms with Crippen LogP contribution in [-0.2, 0) is 4.74 Å². The second-order valence-electron chi connectivity index (χ2n) is 4.63. The van der Waals surface area contributed by atoms with Crippen molar-refractivity contribution in [3.63, 3.8) is 0 Å². The number of hydrogen-bond acceptors (Lipinski definition) is 4. The van der Waals surface area contributed by atoms with Crippen molar-refractivity contribution < 1.29 is 23.8 Å². The average molecular weight is 257 g/mol. The van der Waals surface area contributed by atoms with Crippen LogP contribution in [0.1, 0.15) is 20.8 Å². The van der Waals surface area contributed by atoms with Gasteiger partial charge in [-0.05, 0) is 20.8 Å². The fraction of sp³-hybridized carbons (Fsp3) is 0.417. The Labute approximate surface area is 105 Å². The molecule has 2 N–H and O–H groups in total. The number of benzene rings is 1. The number of phenolic OH excluding ortho intramolecular Hbond substituents is 1. The molecule has 6 heteroatoms. The predicted molar refractivity (Wildman–Crippen MR) is 64.5 cm³/mol. The molecule has 1 aromatic rings. The van der Waals surface area contributed by atoms with E-state index in [-0.39, 0.29) is 17.2 Å². The second-order valence-corrected chi connectivity index (χ2v) is 4.63. The molecule has 0 saturated heterocycles. The minimum Gasteiger partial charge on any atom is -0.504 e. The van der Waals surface area contributed by atoms with Gasteiger partial charge in [-0.3, -0.25) is 5.32 Å². The minimum absolute atomic E-state index is 0.0578. The van der Waals surface area contributed by atoms with Gasteiger partial charge in [-0.15, -0.1) is 0 Å². The highest BCUT2D eigenvalue weighted by Gasteiger charge is 2.18. The summed E-state index contributed by atoms with van der Waals surface area (Å²) in [6.45, 7) is 5.08. The highest BCUT2D eigenvalue weighted by Crippen LogP contribution is 2.31. The standard InChI is InChI=1S/C12H16FNO4/c1-12(2,3)18-11(16)14-8-6-10(17-4)9(15)5-7(8)13/h5-6,15H,1-4H3,(H,14,16). The van der Waals surface area contributed by atoms with Gasteiger partial charge >= 0.3 is 6.09 Å². The quantitative estimate of drug-likeness (QED) is 0.799. The number of carbonyl (C=O) groups is 1. The Balaban J connectivity index is 2.88. The molecule has 0 bridgehead atoms. The Hall–Kier alpha value is -1.98. The number of aromatic hydroxyl groups is 1. The molecule has 18 heavy (non-hydrogen) atoms. The average Bonchev–Trinajstić information content (AvgIpc) is 2.19. The summed E-state index contributed by atoms with van der Waals surface area (Å²) in [6, 6.07) is 2.03. The molecular formula is C12H16FNO4. The topological polar surface area (TPSA) is 67.8 Å². The van der Waals surface area contributed by atoms with Crippen molar-refractivity contribution in [3.05, 3.63) is 17.9 Å². The van der Waals surface area contributed by atoms with Crippen molar-refractivity contribution in [3.8, 4) is 11.5 Å². The van der Waals surface area contributed by atoms with Gasteiger partial charge in [-0.2, -0.15) is 0 Å². The van der Waals surface area contributed by atoms with Crippen LogP contribution in [0.4, 0.5) is 14.9 Å². The molecule has 0 aromatic heterocycles. The molecule has 0 aliphatic heterocycles. The Morgan fingerprint density at radius 2 is 2.00 bits per heavy atom. The van der Waals surface area contributed by atoms with Crippen LogP contribution in [0.5, 0.6) is 11.5 Å². The molecule has 5 nitrogen and oxygen atoms in total. The maximum absolute atomic E-state index is 13.5. The number of anilines is 1. The fourth-order valence-corrected chi connectivity index (χ4v) is 1.22. The lowest BCUT2D eigenvalue weighted by Gasteiger charge is -2.20. The maximum Gasteiger partial charge on any atom is 0.412 e. The Kier molecular flexibility index (Phi) is 4.00. The SMILES string of the molecule is COc1cc(NC(=O)OC(C)(C)C)c(F)cc1O. The molecular weight excluding hydrogens is 241 g/mol. The largest absolute Gasteiger partial charge is 0.504 e. The van der Waals surface area contributed by atoms with E-state index in [4.69, 9.17) is 9.47 Å². The molecule has 100 valence electrons. The monoisotopic (exact) mass is 257 g/mol. The fourth-order valence-electron chi connectivity index (χ4n) is 1.22. The Bertz CT molecular complexity index is 454. The van der Waals surface area contributed by atoms with Crippen LogP contribution in [0.3, 0.4) is 0 Å². The van der Waals surface area contributed by atoms with Crippen molar-refractivity contribution >= 4 is 11.8 Å². The molecule has 0 unspecified atom stereocenters. The van der Waals surface area contributed by atoms with Crippen LogP contribution in [0.2, 0.25) is 0 Å². The first kappa shape index (κ1) is 14.1. The molecule has 1 aromatic carbocycles. The number of rotatable bonds is 2. The first-order valence-corrected chi connectivity index (χ1v) is 5.29. The molecule has 0 spiro atoms. The zero-order valence-corrected chi connectivity index (χ0v) is 10.7. The molecule has 0 aliphatic carbocycles. The van der Waals surface area contributed by atoms with Gasteiger partial charge in [-0.1, -0.05) is 0 Å². The summed E-state index contributed by atoms with van der Waals surface area (Å²) in [5.74, 6) is -1.06. The van der Waals surface area contributed by atoms with Gasteiger partial charge in [0.15, 0.2) is 17.3 Å². The zero-order chi connectivity index (χ0) is 13.9. The van der Waals surface area contributed by atoms with Crippen LogP contribution < -0.4 is 10.1 Å². The van der Waals surface area contributed by atoms with Crippen molar-refractivity contribution in [1.29, 1.82) is 0 Å². The van der Waals surface area contributed by atoms with Crippen molar-refractivity contribution in [1.82, 2.24) is 0 Å². The lowest BCUT2D eigenvalue weighted by atomic mass is 10.2. The molecule has 0 saturated carbocycles. The summed E-state index contributed by atoms with van der Waals surface area (Å²) in [5, 5.41) is 11.6. The highest BCUT2D eigenvalue weighted by molar-refractivity contribution is 5.85. The summed E-state index contributed by atoms with van der Waals surface area (Å²) >= 11 is 0. The summed E-state index contributed by atoms with van der Waals surface area (Å²) in [4.78, 5) is 11.5. The van der Waals surface area contributed by atoms with Crippen LogP contribution in [0.25, 0.3) is 0 Å². The number of methoxy groups -OCH3 is 1. The Morgan fingerprint density at radius 3 is 2.50 bits per heavy atom. The number of ether oxygens (including phenoxy) is 2. The third-order valence-electron chi connectivity index (χ3n) is 1.90. The third kappa shape index (κ3) is 3.80. The number of halogens is 1. The van der Waals surface area contributed by atoms with Crippen molar-refractivity contribution in [2.75, 3.05) is 12.4 Å². The Morgan fingerprint density at radius 1 is 1.39 bits per heavy atom. The van der Waals surface area contributed by atoms with Crippen LogP contribution in [0.15, 0.2) is 12.1 Å². The normalized spacial score (nSPS) is 10.9. The number of carbonyl (C=O) groups excluding carboxylic acids is 1. The van der Waals surface area contributed by atoms with Crippen LogP contribution in [0, 0.1) is 5.82 Å². The lowest BCUT2D eigenvalue weighted by Crippen LogP contribution is -2.27. The van der Waals surface area contributed by atoms with Gasteiger partial charge in [0, 0.05) is 12.1 Å². The van der Waals surface area contributed by atoms with Gasteiger partial charge < -0.3 is 14.6 Å². The van der Waals surface area contributed by atoms with Crippen molar-refractivity contribution in [2.45, 2.75) is 26.4 Å². The van der Waals surface area contributed by atoms with E-state index in [1.165, 1.54) is 13.2 Å². The summed E-state index contributed by atoms with van der Waals surface area (Å²) in [6.07, 6.45) is -0.783. The molecule has 0 fully saturated rings. The molecule has 0 aliphatic rings. The lowest BCUT2D eigenvalue weighted by molar-refractivity contribution is 0.0635. The van der Waals surface area contributed by atoms with Crippen molar-refractivity contribution in [2.24, 2.45) is 0 Å². The van der Waals surface area contributed by atoms with Gasteiger partial charge in [0.25, 0.3) is 0 Å². The van der Waals surface area contributed by atoms with E-state index >= 15 is 0 Å². The molecule has 1 amide bonds. The molecule has 0 atom stereocenters. The van der Waals surface area contributed by atoms with E-state index in [1.807, 2.05) is 0 Å². The summed E-state index contributed by atoms with van der Waals surface area (Å²) < 4.78 is 23.3. The number of hydrogen-bond donors (Lipinski definition) is 2. The van der Waals surface area contributed by atoms with E-state index < -0.39 is 17.5 Å².